The largest absolute Gasteiger partial charge is 0.478 e. The molecule has 26 heavy (non-hydrogen) atoms. The van der Waals surface area contributed by atoms with Crippen molar-refractivity contribution in [3.05, 3.63) is 64.8 Å². The maximum atomic E-state index is 13.1. The minimum absolute atomic E-state index is 0.0178. The molecule has 1 aliphatic heterocycles. The molecule has 1 aromatic heterocycles. The molecule has 0 amide bonds. The maximum absolute atomic E-state index is 13.1. The van der Waals surface area contributed by atoms with Crippen LogP contribution in [0.15, 0.2) is 48.7 Å². The van der Waals surface area contributed by atoms with Crippen molar-refractivity contribution < 1.29 is 14.7 Å². The lowest BCUT2D eigenvalue weighted by molar-refractivity contribution is -0.131. The molecule has 1 fully saturated rings. The number of carbonyl (C=O) groups excluding carboxylic acids is 1. The van der Waals surface area contributed by atoms with Crippen LogP contribution in [-0.4, -0.2) is 40.5 Å². The first-order valence-electron chi connectivity index (χ1n) is 8.15. The van der Waals surface area contributed by atoms with Gasteiger partial charge in [-0.25, -0.2) is 9.78 Å². The quantitative estimate of drug-likeness (QED) is 0.534. The summed E-state index contributed by atoms with van der Waals surface area (Å²) >= 11 is 5.91. The van der Waals surface area contributed by atoms with Crippen molar-refractivity contribution in [2.24, 2.45) is 0 Å². The number of benzene rings is 1. The van der Waals surface area contributed by atoms with E-state index in [0.717, 1.165) is 12.6 Å². The molecule has 6 nitrogen and oxygen atoms in total. The minimum atomic E-state index is -1.02. The molecule has 134 valence electrons. The Labute approximate surface area is 155 Å². The number of pyridine rings is 1. The number of carbonyl (C=O) groups is 2. The Morgan fingerprint density at radius 3 is 2.58 bits per heavy atom. The molecule has 3 N–H and O–H groups in total. The number of hydrogen-bond acceptors (Lipinski definition) is 5. The Morgan fingerprint density at radius 2 is 2.00 bits per heavy atom. The van der Waals surface area contributed by atoms with E-state index in [4.69, 9.17) is 16.7 Å². The van der Waals surface area contributed by atoms with Crippen molar-refractivity contribution in [3.8, 4) is 0 Å². The molecule has 1 aromatic carbocycles. The third-order valence-electron chi connectivity index (χ3n) is 4.27. The van der Waals surface area contributed by atoms with Gasteiger partial charge in [-0.2, -0.15) is 0 Å². The zero-order chi connectivity index (χ0) is 18.6. The van der Waals surface area contributed by atoms with E-state index in [2.05, 4.69) is 15.6 Å². The van der Waals surface area contributed by atoms with Gasteiger partial charge in [0.25, 0.3) is 0 Å². The first-order chi connectivity index (χ1) is 12.5. The van der Waals surface area contributed by atoms with Crippen LogP contribution >= 0.6 is 11.6 Å². The zero-order valence-electron chi connectivity index (χ0n) is 13.9. The molecule has 1 aliphatic rings. The molecule has 2 aromatic rings. The minimum Gasteiger partial charge on any atom is -0.478 e. The van der Waals surface area contributed by atoms with Gasteiger partial charge in [-0.1, -0.05) is 11.6 Å². The molecule has 0 radical (unpaired) electrons. The molecule has 0 bridgehead atoms. The van der Waals surface area contributed by atoms with Gasteiger partial charge in [0.15, 0.2) is 5.78 Å². The number of Topliss-reactive ketones (excluding diaryl/α,β-unsaturated/α-hetero) is 1. The van der Waals surface area contributed by atoms with Gasteiger partial charge in [0.2, 0.25) is 0 Å². The highest BCUT2D eigenvalue weighted by atomic mass is 35.5. The SMILES string of the molecule is O=C(O)/C=C/c1ccc(N[C@@]2(C(=O)c3ccc(Cl)cc3)CCNC2)nc1. The number of halogens is 1. The molecule has 2 heterocycles. The number of nitrogens with one attached hydrogen (secondary N) is 2. The normalized spacial score (nSPS) is 19.6. The van der Waals surface area contributed by atoms with Crippen LogP contribution in [0.4, 0.5) is 5.82 Å². The van der Waals surface area contributed by atoms with Crippen molar-refractivity contribution in [3.63, 3.8) is 0 Å². The van der Waals surface area contributed by atoms with Gasteiger partial charge in [-0.3, -0.25) is 4.79 Å². The second kappa shape index (κ2) is 7.68. The standard InChI is InChI=1S/C19H18ClN3O3/c20-15-5-3-14(4-6-15)18(26)19(9-10-21-12-19)23-16-7-1-13(11-22-16)2-8-17(24)25/h1-8,11,21H,9-10,12H2,(H,22,23)(H,24,25)/b8-2+/t19-/m0/s1. The number of carboxylic acids is 1. The summed E-state index contributed by atoms with van der Waals surface area (Å²) in [6.45, 7) is 1.22. The summed E-state index contributed by atoms with van der Waals surface area (Å²) in [7, 11) is 0. The molecule has 3 rings (SSSR count). The number of rotatable bonds is 6. The molecule has 0 unspecified atom stereocenters. The lowest BCUT2D eigenvalue weighted by Gasteiger charge is -2.29. The van der Waals surface area contributed by atoms with E-state index in [9.17, 15) is 9.59 Å². The van der Waals surface area contributed by atoms with Crippen molar-refractivity contribution in [1.29, 1.82) is 0 Å². The van der Waals surface area contributed by atoms with Gasteiger partial charge in [0, 0.05) is 29.4 Å². The fraction of sp³-hybridized carbons (Fsp3) is 0.211. The lowest BCUT2D eigenvalue weighted by atomic mass is 9.88. The van der Waals surface area contributed by atoms with Crippen LogP contribution in [0.3, 0.4) is 0 Å². The summed E-state index contributed by atoms with van der Waals surface area (Å²) in [6, 6.07) is 10.3. The number of ketones is 1. The van der Waals surface area contributed by atoms with E-state index in [1.807, 2.05) is 0 Å². The molecule has 1 atom stereocenters. The van der Waals surface area contributed by atoms with Crippen molar-refractivity contribution in [2.75, 3.05) is 18.4 Å². The fourth-order valence-electron chi connectivity index (χ4n) is 2.92. The Morgan fingerprint density at radius 1 is 1.23 bits per heavy atom. The number of aliphatic carboxylic acids is 1. The molecule has 1 saturated heterocycles. The van der Waals surface area contributed by atoms with Crippen LogP contribution in [0.1, 0.15) is 22.3 Å². The molecule has 0 spiro atoms. The van der Waals surface area contributed by atoms with Crippen LogP contribution < -0.4 is 10.6 Å². The van der Waals surface area contributed by atoms with Crippen LogP contribution in [0, 0.1) is 0 Å². The number of hydrogen-bond donors (Lipinski definition) is 3. The van der Waals surface area contributed by atoms with Gasteiger partial charge < -0.3 is 15.7 Å². The second-order valence-electron chi connectivity index (χ2n) is 6.12. The Hall–Kier alpha value is -2.70. The highest BCUT2D eigenvalue weighted by molar-refractivity contribution is 6.30. The van der Waals surface area contributed by atoms with Crippen LogP contribution in [0.25, 0.3) is 6.08 Å². The third kappa shape index (κ3) is 4.09. The van der Waals surface area contributed by atoms with E-state index in [1.165, 1.54) is 6.08 Å². The van der Waals surface area contributed by atoms with E-state index >= 15 is 0 Å². The third-order valence-corrected chi connectivity index (χ3v) is 4.52. The summed E-state index contributed by atoms with van der Waals surface area (Å²) in [5.41, 5.74) is 0.478. The predicted molar refractivity (Wildman–Crippen MR) is 101 cm³/mol. The smallest absolute Gasteiger partial charge is 0.328 e. The van der Waals surface area contributed by atoms with Crippen molar-refractivity contribution in [1.82, 2.24) is 10.3 Å². The van der Waals surface area contributed by atoms with Crippen LogP contribution in [-0.2, 0) is 4.79 Å². The Balaban J connectivity index is 1.81. The second-order valence-corrected chi connectivity index (χ2v) is 6.55. The average molecular weight is 372 g/mol. The highest BCUT2D eigenvalue weighted by Gasteiger charge is 2.41. The molecule has 0 saturated carbocycles. The number of aromatic nitrogens is 1. The maximum Gasteiger partial charge on any atom is 0.328 e. The number of anilines is 1. The number of nitrogens with zero attached hydrogens (tertiary/aromatic N) is 1. The summed E-state index contributed by atoms with van der Waals surface area (Å²) in [4.78, 5) is 27.9. The van der Waals surface area contributed by atoms with E-state index < -0.39 is 11.5 Å². The Bertz CT molecular complexity index is 826. The van der Waals surface area contributed by atoms with E-state index in [-0.39, 0.29) is 5.78 Å². The van der Waals surface area contributed by atoms with Gasteiger partial charge >= 0.3 is 5.97 Å². The van der Waals surface area contributed by atoms with Crippen LogP contribution in [0.5, 0.6) is 0 Å². The van der Waals surface area contributed by atoms with Gasteiger partial charge in [0.1, 0.15) is 11.4 Å². The van der Waals surface area contributed by atoms with E-state index in [0.29, 0.717) is 34.9 Å². The first kappa shape index (κ1) is 18.1. The Kier molecular flexibility index (Phi) is 5.35. The zero-order valence-corrected chi connectivity index (χ0v) is 14.7. The first-order valence-corrected chi connectivity index (χ1v) is 8.53. The lowest BCUT2D eigenvalue weighted by Crippen LogP contribution is -2.48. The van der Waals surface area contributed by atoms with Gasteiger partial charge in [0.05, 0.1) is 0 Å². The monoisotopic (exact) mass is 371 g/mol. The fourth-order valence-corrected chi connectivity index (χ4v) is 3.04. The highest BCUT2D eigenvalue weighted by Crippen LogP contribution is 2.26. The van der Waals surface area contributed by atoms with Crippen LogP contribution in [0.2, 0.25) is 5.02 Å². The molecule has 0 aliphatic carbocycles. The summed E-state index contributed by atoms with van der Waals surface area (Å²) in [5, 5.41) is 15.7. The summed E-state index contributed by atoms with van der Waals surface area (Å²) < 4.78 is 0. The van der Waals surface area contributed by atoms with Crippen molar-refractivity contribution in [2.45, 2.75) is 12.0 Å². The van der Waals surface area contributed by atoms with Crippen molar-refractivity contribution >= 4 is 35.2 Å². The van der Waals surface area contributed by atoms with E-state index in [1.54, 1.807) is 42.6 Å². The number of carboxylic acid groups (broad SMARTS) is 1. The molecule has 7 heteroatoms. The topological polar surface area (TPSA) is 91.3 Å². The van der Waals surface area contributed by atoms with Gasteiger partial charge in [-0.15, -0.1) is 0 Å². The van der Waals surface area contributed by atoms with Gasteiger partial charge in [-0.05, 0) is 61.0 Å². The summed E-state index contributed by atoms with van der Waals surface area (Å²) in [5.74, 6) is -0.476. The predicted octanol–water partition coefficient (Wildman–Crippen LogP) is 2.86. The summed E-state index contributed by atoms with van der Waals surface area (Å²) in [6.07, 6.45) is 4.71. The molecular weight excluding hydrogens is 354 g/mol. The molecular formula is C19H18ClN3O3. The average Bonchev–Trinajstić information content (AvgIpc) is 3.11.